The Morgan fingerprint density at radius 1 is 0.941 bits per heavy atom. The molecule has 0 bridgehead atoms. The summed E-state index contributed by atoms with van der Waals surface area (Å²) in [6.07, 6.45) is 3.37. The van der Waals surface area contributed by atoms with Crippen LogP contribution < -0.4 is 14.4 Å². The van der Waals surface area contributed by atoms with Crippen LogP contribution in [0.25, 0.3) is 10.8 Å². The Kier molecular flexibility index (Phi) is 7.87. The first-order valence-corrected chi connectivity index (χ1v) is 12.5. The van der Waals surface area contributed by atoms with Gasteiger partial charge in [-0.1, -0.05) is 61.3 Å². The van der Waals surface area contributed by atoms with Crippen LogP contribution in [-0.4, -0.2) is 56.1 Å². The maximum Gasteiger partial charge on any atom is 0.142 e. The summed E-state index contributed by atoms with van der Waals surface area (Å²) in [6, 6.07) is 18.3. The lowest BCUT2D eigenvalue weighted by Crippen LogP contribution is -2.58. The Labute approximate surface area is 207 Å². The maximum atomic E-state index is 11.9. The lowest BCUT2D eigenvalue weighted by molar-refractivity contribution is -0.117. The van der Waals surface area contributed by atoms with E-state index in [1.54, 1.807) is 14.2 Å². The lowest BCUT2D eigenvalue weighted by atomic mass is 9.93. The number of methoxy groups -OCH3 is 2. The molecule has 182 valence electrons. The molecule has 1 saturated heterocycles. The van der Waals surface area contributed by atoms with E-state index in [9.17, 15) is 5.11 Å². The molecule has 34 heavy (non-hydrogen) atoms. The number of fused-ring (bicyclic) bond motifs is 1. The highest BCUT2D eigenvalue weighted by molar-refractivity contribution is 6.37. The number of benzene rings is 3. The SMILES string of the molecule is CCCCC(O)(Cc1ccc2c(Cl)c(OC)ccc2c1)N1CCN(c2ccccc2OC)CC1. The van der Waals surface area contributed by atoms with Crippen molar-refractivity contribution in [2.75, 3.05) is 45.3 Å². The van der Waals surface area contributed by atoms with Gasteiger partial charge in [0, 0.05) is 38.0 Å². The number of hydrogen-bond acceptors (Lipinski definition) is 5. The van der Waals surface area contributed by atoms with Crippen molar-refractivity contribution >= 4 is 28.1 Å². The van der Waals surface area contributed by atoms with Crippen molar-refractivity contribution in [1.82, 2.24) is 4.90 Å². The molecule has 0 amide bonds. The zero-order valence-corrected chi connectivity index (χ0v) is 21.1. The van der Waals surface area contributed by atoms with Gasteiger partial charge < -0.3 is 19.5 Å². The lowest BCUT2D eigenvalue weighted by Gasteiger charge is -2.45. The average molecular weight is 483 g/mol. The molecule has 3 aromatic rings. The van der Waals surface area contributed by atoms with Crippen LogP contribution >= 0.6 is 11.6 Å². The van der Waals surface area contributed by atoms with Gasteiger partial charge in [-0.25, -0.2) is 0 Å². The summed E-state index contributed by atoms with van der Waals surface area (Å²) < 4.78 is 10.9. The minimum Gasteiger partial charge on any atom is -0.495 e. The van der Waals surface area contributed by atoms with Crippen molar-refractivity contribution in [3.63, 3.8) is 0 Å². The normalized spacial score (nSPS) is 16.4. The summed E-state index contributed by atoms with van der Waals surface area (Å²) in [6.45, 7) is 5.47. The Bertz CT molecular complexity index is 1110. The summed E-state index contributed by atoms with van der Waals surface area (Å²) in [5.41, 5.74) is 1.34. The molecule has 0 aliphatic carbocycles. The van der Waals surface area contributed by atoms with Crippen LogP contribution in [0, 0.1) is 0 Å². The van der Waals surface area contributed by atoms with E-state index in [0.717, 1.165) is 73.2 Å². The predicted octanol–water partition coefficient (Wildman–Crippen LogP) is 5.75. The first-order chi connectivity index (χ1) is 16.5. The number of ether oxygens (including phenoxy) is 2. The average Bonchev–Trinajstić information content (AvgIpc) is 2.88. The quantitative estimate of drug-likeness (QED) is 0.420. The number of hydrogen-bond donors (Lipinski definition) is 1. The third kappa shape index (κ3) is 5.12. The minimum atomic E-state index is -0.882. The highest BCUT2D eigenvalue weighted by Gasteiger charge is 2.36. The number of piperazine rings is 1. The predicted molar refractivity (Wildman–Crippen MR) is 140 cm³/mol. The van der Waals surface area contributed by atoms with Gasteiger partial charge in [0.15, 0.2) is 0 Å². The van der Waals surface area contributed by atoms with Gasteiger partial charge in [0.25, 0.3) is 0 Å². The Morgan fingerprint density at radius 3 is 2.38 bits per heavy atom. The molecule has 0 aromatic heterocycles. The molecule has 0 saturated carbocycles. The largest absolute Gasteiger partial charge is 0.495 e. The van der Waals surface area contributed by atoms with Crippen LogP contribution in [0.3, 0.4) is 0 Å². The molecule has 1 unspecified atom stereocenters. The van der Waals surface area contributed by atoms with Crippen LogP contribution in [0.5, 0.6) is 11.5 Å². The van der Waals surface area contributed by atoms with E-state index < -0.39 is 5.72 Å². The number of nitrogens with zero attached hydrogens (tertiary/aromatic N) is 2. The van der Waals surface area contributed by atoms with Crippen molar-refractivity contribution in [2.45, 2.75) is 38.3 Å². The van der Waals surface area contributed by atoms with Gasteiger partial charge in [0.1, 0.15) is 17.2 Å². The van der Waals surface area contributed by atoms with E-state index in [1.807, 2.05) is 36.4 Å². The van der Waals surface area contributed by atoms with Crippen LogP contribution in [0.2, 0.25) is 5.02 Å². The van der Waals surface area contributed by atoms with Crippen molar-refractivity contribution in [1.29, 1.82) is 0 Å². The number of aliphatic hydroxyl groups is 1. The molecule has 0 radical (unpaired) electrons. The molecule has 1 fully saturated rings. The topological polar surface area (TPSA) is 45.2 Å². The van der Waals surface area contributed by atoms with Crippen LogP contribution in [0.15, 0.2) is 54.6 Å². The Morgan fingerprint density at radius 2 is 1.68 bits per heavy atom. The van der Waals surface area contributed by atoms with Gasteiger partial charge in [0.2, 0.25) is 0 Å². The number of unbranched alkanes of at least 4 members (excludes halogenated alkanes) is 1. The van der Waals surface area contributed by atoms with Crippen molar-refractivity contribution in [3.8, 4) is 11.5 Å². The number of anilines is 1. The summed E-state index contributed by atoms with van der Waals surface area (Å²) >= 11 is 6.51. The van der Waals surface area contributed by atoms with Crippen LogP contribution in [-0.2, 0) is 6.42 Å². The first kappa shape index (κ1) is 24.6. The van der Waals surface area contributed by atoms with Gasteiger partial charge in [-0.3, -0.25) is 4.90 Å². The van der Waals surface area contributed by atoms with E-state index >= 15 is 0 Å². The second-order valence-electron chi connectivity index (χ2n) is 9.05. The fourth-order valence-corrected chi connectivity index (χ4v) is 5.30. The molecular weight excluding hydrogens is 448 g/mol. The van der Waals surface area contributed by atoms with E-state index in [4.69, 9.17) is 21.1 Å². The molecular formula is C28H35ClN2O3. The van der Waals surface area contributed by atoms with Crippen molar-refractivity contribution < 1.29 is 14.6 Å². The minimum absolute atomic E-state index is 0.585. The molecule has 1 atom stereocenters. The number of para-hydroxylation sites is 2. The zero-order chi connectivity index (χ0) is 24.1. The summed E-state index contributed by atoms with van der Waals surface area (Å²) in [4.78, 5) is 4.61. The summed E-state index contributed by atoms with van der Waals surface area (Å²) in [5.74, 6) is 1.57. The Balaban J connectivity index is 1.53. The maximum absolute atomic E-state index is 11.9. The molecule has 0 spiro atoms. The fourth-order valence-electron chi connectivity index (χ4n) is 4.99. The van der Waals surface area contributed by atoms with E-state index in [2.05, 4.69) is 34.9 Å². The van der Waals surface area contributed by atoms with Crippen molar-refractivity contribution in [2.24, 2.45) is 0 Å². The third-order valence-electron chi connectivity index (χ3n) is 6.92. The standard InChI is InChI=1S/C28H35ClN2O3/c1-4-5-14-28(32,20-21-10-12-23-22(19-21)11-13-26(34-3)27(23)29)31-17-15-30(16-18-31)24-8-6-7-9-25(24)33-2/h6-13,19,32H,4-5,14-18,20H2,1-3H3. The third-order valence-corrected chi connectivity index (χ3v) is 7.30. The monoisotopic (exact) mass is 482 g/mol. The molecule has 4 rings (SSSR count). The second kappa shape index (κ2) is 10.9. The van der Waals surface area contributed by atoms with Gasteiger partial charge >= 0.3 is 0 Å². The van der Waals surface area contributed by atoms with E-state index in [0.29, 0.717) is 17.2 Å². The van der Waals surface area contributed by atoms with Crippen molar-refractivity contribution in [3.05, 3.63) is 65.2 Å². The molecule has 1 N–H and O–H groups in total. The Hall–Kier alpha value is -2.47. The molecule has 5 nitrogen and oxygen atoms in total. The first-order valence-electron chi connectivity index (χ1n) is 12.1. The van der Waals surface area contributed by atoms with Gasteiger partial charge in [0.05, 0.1) is 24.9 Å². The fraction of sp³-hybridized carbons (Fsp3) is 0.429. The van der Waals surface area contributed by atoms with Gasteiger partial charge in [-0.05, 0) is 42.0 Å². The summed E-state index contributed by atoms with van der Waals surface area (Å²) in [5, 5.41) is 14.6. The van der Waals surface area contributed by atoms with Gasteiger partial charge in [-0.2, -0.15) is 0 Å². The molecule has 6 heteroatoms. The molecule has 1 aliphatic rings. The highest BCUT2D eigenvalue weighted by Crippen LogP contribution is 2.35. The van der Waals surface area contributed by atoms with E-state index in [-0.39, 0.29) is 0 Å². The molecule has 3 aromatic carbocycles. The smallest absolute Gasteiger partial charge is 0.142 e. The highest BCUT2D eigenvalue weighted by atomic mass is 35.5. The second-order valence-corrected chi connectivity index (χ2v) is 9.42. The zero-order valence-electron chi connectivity index (χ0n) is 20.4. The van der Waals surface area contributed by atoms with Crippen LogP contribution in [0.1, 0.15) is 31.7 Å². The van der Waals surface area contributed by atoms with E-state index in [1.165, 1.54) is 0 Å². The number of halogens is 1. The summed E-state index contributed by atoms with van der Waals surface area (Å²) in [7, 11) is 3.34. The molecule has 1 aliphatic heterocycles. The molecule has 1 heterocycles. The van der Waals surface area contributed by atoms with Gasteiger partial charge in [-0.15, -0.1) is 0 Å². The number of rotatable bonds is 9. The van der Waals surface area contributed by atoms with Crippen LogP contribution in [0.4, 0.5) is 5.69 Å².